The van der Waals surface area contributed by atoms with Crippen molar-refractivity contribution >= 4 is 0 Å². The molecule has 0 aliphatic rings. The van der Waals surface area contributed by atoms with Crippen LogP contribution in [0.2, 0.25) is 0 Å². The van der Waals surface area contributed by atoms with E-state index in [-0.39, 0.29) is 6.04 Å². The van der Waals surface area contributed by atoms with Gasteiger partial charge in [-0.15, -0.1) is 0 Å². The van der Waals surface area contributed by atoms with Crippen LogP contribution < -0.4 is 11.3 Å². The largest absolute Gasteiger partial charge is 0.469 e. The Morgan fingerprint density at radius 2 is 2.06 bits per heavy atom. The molecule has 16 heavy (non-hydrogen) atoms. The van der Waals surface area contributed by atoms with Crippen LogP contribution in [0.15, 0.2) is 16.7 Å². The average Bonchev–Trinajstić information content (AvgIpc) is 2.70. The van der Waals surface area contributed by atoms with Crippen molar-refractivity contribution in [3.63, 3.8) is 0 Å². The Hall–Kier alpha value is -0.800. The second kappa shape index (κ2) is 7.47. The molecule has 1 rings (SSSR count). The second-order valence-electron chi connectivity index (χ2n) is 4.35. The highest BCUT2D eigenvalue weighted by molar-refractivity contribution is 5.19. The molecule has 1 unspecified atom stereocenters. The number of nitrogens with one attached hydrogen (secondary N) is 1. The fourth-order valence-corrected chi connectivity index (χ4v) is 2.04. The number of hydrazine groups is 1. The van der Waals surface area contributed by atoms with Crippen LogP contribution in [0.1, 0.15) is 62.8 Å². The molecule has 1 heterocycles. The Balaban J connectivity index is 2.30. The minimum Gasteiger partial charge on any atom is -0.469 e. The molecule has 0 amide bonds. The van der Waals surface area contributed by atoms with Crippen LogP contribution in [0, 0.1) is 6.92 Å². The van der Waals surface area contributed by atoms with E-state index in [0.29, 0.717) is 0 Å². The van der Waals surface area contributed by atoms with E-state index in [4.69, 9.17) is 10.3 Å². The van der Waals surface area contributed by atoms with Gasteiger partial charge in [-0.3, -0.25) is 11.3 Å². The standard InChI is InChI=1S/C13H24N2O/c1-3-4-5-6-7-8-13(15-14)12-9-10-16-11(12)2/h9-10,13,15H,3-8,14H2,1-2H3. The highest BCUT2D eigenvalue weighted by atomic mass is 16.3. The molecule has 1 atom stereocenters. The van der Waals surface area contributed by atoms with Crippen LogP contribution in [-0.2, 0) is 0 Å². The van der Waals surface area contributed by atoms with Gasteiger partial charge in [0.1, 0.15) is 5.76 Å². The molecule has 92 valence electrons. The first-order valence-corrected chi connectivity index (χ1v) is 6.29. The summed E-state index contributed by atoms with van der Waals surface area (Å²) >= 11 is 0. The first-order chi connectivity index (χ1) is 7.79. The van der Waals surface area contributed by atoms with Gasteiger partial charge in [0.05, 0.1) is 6.26 Å². The van der Waals surface area contributed by atoms with Crippen LogP contribution in [0.4, 0.5) is 0 Å². The Morgan fingerprint density at radius 3 is 2.62 bits per heavy atom. The molecule has 1 aromatic heterocycles. The number of hydrogen-bond acceptors (Lipinski definition) is 3. The minimum absolute atomic E-state index is 0.236. The minimum atomic E-state index is 0.236. The number of unbranched alkanes of at least 4 members (excludes halogenated alkanes) is 4. The number of nitrogens with two attached hydrogens (primary N) is 1. The van der Waals surface area contributed by atoms with E-state index in [9.17, 15) is 0 Å². The Labute approximate surface area is 98.4 Å². The zero-order valence-electron chi connectivity index (χ0n) is 10.5. The van der Waals surface area contributed by atoms with E-state index in [2.05, 4.69) is 12.3 Å². The topological polar surface area (TPSA) is 51.2 Å². The molecule has 0 radical (unpaired) electrons. The summed E-state index contributed by atoms with van der Waals surface area (Å²) in [4.78, 5) is 0. The van der Waals surface area contributed by atoms with E-state index in [1.54, 1.807) is 6.26 Å². The number of hydrogen-bond donors (Lipinski definition) is 2. The second-order valence-corrected chi connectivity index (χ2v) is 4.35. The molecule has 3 heteroatoms. The van der Waals surface area contributed by atoms with E-state index >= 15 is 0 Å². The van der Waals surface area contributed by atoms with Crippen molar-refractivity contribution in [1.82, 2.24) is 5.43 Å². The number of rotatable bonds is 8. The maximum atomic E-state index is 5.58. The Bertz CT molecular complexity index is 283. The third-order valence-electron chi connectivity index (χ3n) is 3.07. The summed E-state index contributed by atoms with van der Waals surface area (Å²) in [5.41, 5.74) is 4.07. The van der Waals surface area contributed by atoms with Crippen molar-refractivity contribution in [2.24, 2.45) is 5.84 Å². The van der Waals surface area contributed by atoms with Gasteiger partial charge >= 0.3 is 0 Å². The number of furan rings is 1. The Morgan fingerprint density at radius 1 is 1.31 bits per heavy atom. The maximum Gasteiger partial charge on any atom is 0.105 e. The molecule has 0 aliphatic carbocycles. The van der Waals surface area contributed by atoms with Gasteiger partial charge in [0, 0.05) is 11.6 Å². The molecule has 1 aromatic rings. The van der Waals surface area contributed by atoms with Gasteiger partial charge in [-0.2, -0.15) is 0 Å². The molecular weight excluding hydrogens is 200 g/mol. The normalized spacial score (nSPS) is 12.9. The van der Waals surface area contributed by atoms with Gasteiger partial charge < -0.3 is 4.42 Å². The smallest absolute Gasteiger partial charge is 0.105 e. The van der Waals surface area contributed by atoms with Crippen molar-refractivity contribution in [2.45, 2.75) is 58.4 Å². The van der Waals surface area contributed by atoms with Crippen LogP contribution >= 0.6 is 0 Å². The average molecular weight is 224 g/mol. The molecule has 0 aromatic carbocycles. The summed E-state index contributed by atoms with van der Waals surface area (Å²) in [5.74, 6) is 6.55. The van der Waals surface area contributed by atoms with E-state index in [1.165, 1.54) is 37.7 Å². The van der Waals surface area contributed by atoms with Gasteiger partial charge in [0.2, 0.25) is 0 Å². The summed E-state index contributed by atoms with van der Waals surface area (Å²) in [6.07, 6.45) is 9.29. The van der Waals surface area contributed by atoms with E-state index in [0.717, 1.165) is 12.2 Å². The van der Waals surface area contributed by atoms with Crippen molar-refractivity contribution in [3.8, 4) is 0 Å². The summed E-state index contributed by atoms with van der Waals surface area (Å²) in [7, 11) is 0. The number of aryl methyl sites for hydroxylation is 1. The SMILES string of the molecule is CCCCCCCC(NN)c1ccoc1C. The monoisotopic (exact) mass is 224 g/mol. The molecule has 0 spiro atoms. The quantitative estimate of drug-likeness (QED) is 0.404. The highest BCUT2D eigenvalue weighted by Gasteiger charge is 2.13. The third-order valence-corrected chi connectivity index (χ3v) is 3.07. The van der Waals surface area contributed by atoms with Gasteiger partial charge in [-0.1, -0.05) is 39.0 Å². The van der Waals surface area contributed by atoms with E-state index in [1.807, 2.05) is 13.0 Å². The Kier molecular flexibility index (Phi) is 6.19. The van der Waals surface area contributed by atoms with Crippen LogP contribution in [-0.4, -0.2) is 0 Å². The van der Waals surface area contributed by atoms with Crippen molar-refractivity contribution in [3.05, 3.63) is 23.7 Å². The lowest BCUT2D eigenvalue weighted by molar-refractivity contribution is 0.462. The van der Waals surface area contributed by atoms with Crippen molar-refractivity contribution in [2.75, 3.05) is 0 Å². The van der Waals surface area contributed by atoms with Gasteiger partial charge in [0.25, 0.3) is 0 Å². The summed E-state index contributed by atoms with van der Waals surface area (Å²) < 4.78 is 5.30. The fourth-order valence-electron chi connectivity index (χ4n) is 2.04. The van der Waals surface area contributed by atoms with Crippen LogP contribution in [0.3, 0.4) is 0 Å². The zero-order chi connectivity index (χ0) is 11.8. The fraction of sp³-hybridized carbons (Fsp3) is 0.692. The summed E-state index contributed by atoms with van der Waals surface area (Å²) in [6.45, 7) is 4.22. The summed E-state index contributed by atoms with van der Waals surface area (Å²) in [5, 5.41) is 0. The van der Waals surface area contributed by atoms with Gasteiger partial charge in [-0.05, 0) is 19.4 Å². The predicted octanol–water partition coefficient (Wildman–Crippen LogP) is 3.45. The molecule has 0 saturated heterocycles. The highest BCUT2D eigenvalue weighted by Crippen LogP contribution is 2.23. The lowest BCUT2D eigenvalue weighted by Gasteiger charge is -2.14. The van der Waals surface area contributed by atoms with Crippen LogP contribution in [0.5, 0.6) is 0 Å². The molecule has 0 fully saturated rings. The lowest BCUT2D eigenvalue weighted by atomic mass is 10.0. The zero-order valence-corrected chi connectivity index (χ0v) is 10.5. The summed E-state index contributed by atoms with van der Waals surface area (Å²) in [6, 6.07) is 2.24. The van der Waals surface area contributed by atoms with Gasteiger partial charge in [-0.25, -0.2) is 0 Å². The van der Waals surface area contributed by atoms with Crippen LogP contribution in [0.25, 0.3) is 0 Å². The maximum absolute atomic E-state index is 5.58. The van der Waals surface area contributed by atoms with Crippen molar-refractivity contribution < 1.29 is 4.42 Å². The molecule has 3 nitrogen and oxygen atoms in total. The molecular formula is C13H24N2O. The van der Waals surface area contributed by atoms with Gasteiger partial charge in [0.15, 0.2) is 0 Å². The molecule has 3 N–H and O–H groups in total. The van der Waals surface area contributed by atoms with E-state index < -0.39 is 0 Å². The predicted molar refractivity (Wildman–Crippen MR) is 66.9 cm³/mol. The first-order valence-electron chi connectivity index (χ1n) is 6.29. The first kappa shape index (κ1) is 13.3. The lowest BCUT2D eigenvalue weighted by Crippen LogP contribution is -2.28. The third kappa shape index (κ3) is 3.99. The molecule has 0 bridgehead atoms. The van der Waals surface area contributed by atoms with Crippen molar-refractivity contribution in [1.29, 1.82) is 0 Å². The molecule has 0 aliphatic heterocycles. The molecule has 0 saturated carbocycles.